The predicted molar refractivity (Wildman–Crippen MR) is 110 cm³/mol. The number of rotatable bonds is 6. The van der Waals surface area contributed by atoms with E-state index in [1.165, 1.54) is 17.7 Å². The van der Waals surface area contributed by atoms with Crippen LogP contribution in [0.3, 0.4) is 0 Å². The average Bonchev–Trinajstić information content (AvgIpc) is 3.17. The third-order valence-electron chi connectivity index (χ3n) is 4.94. The van der Waals surface area contributed by atoms with Gasteiger partial charge in [0.05, 0.1) is 13.2 Å². The highest BCUT2D eigenvalue weighted by Gasteiger charge is 2.25. The number of piperidine rings is 1. The van der Waals surface area contributed by atoms with E-state index in [0.717, 1.165) is 24.8 Å². The maximum atomic E-state index is 12.5. The highest BCUT2D eigenvalue weighted by Crippen LogP contribution is 2.29. The lowest BCUT2D eigenvalue weighted by Gasteiger charge is -2.36. The summed E-state index contributed by atoms with van der Waals surface area (Å²) in [6, 6.07) is 11.8. The molecule has 1 N–H and O–H groups in total. The number of nitrogens with zero attached hydrogens (tertiary/aromatic N) is 1. The summed E-state index contributed by atoms with van der Waals surface area (Å²) in [6.07, 6.45) is 2.46. The molecule has 3 rings (SSSR count). The number of hydrogen-bond donors (Lipinski definition) is 1. The van der Waals surface area contributed by atoms with E-state index in [2.05, 4.69) is 34.7 Å². The van der Waals surface area contributed by atoms with Crippen molar-refractivity contribution in [2.45, 2.75) is 25.8 Å². The van der Waals surface area contributed by atoms with Crippen LogP contribution in [-0.4, -0.2) is 37.6 Å². The lowest BCUT2D eigenvalue weighted by molar-refractivity contribution is 0.0915. The Morgan fingerprint density at radius 1 is 1.27 bits per heavy atom. The fraction of sp³-hybridized carbons (Fsp3) is 0.450. The minimum atomic E-state index is -0.0328. The van der Waals surface area contributed by atoms with Gasteiger partial charge in [-0.2, -0.15) is 0 Å². The van der Waals surface area contributed by atoms with Crippen molar-refractivity contribution in [2.24, 2.45) is 5.92 Å². The van der Waals surface area contributed by atoms with Crippen molar-refractivity contribution < 1.29 is 9.53 Å². The average molecular weight is 395 g/mol. The molecule has 1 aromatic carbocycles. The fourth-order valence-corrected chi connectivity index (χ4v) is 4.13. The molecule has 1 unspecified atom stereocenters. The van der Waals surface area contributed by atoms with Crippen LogP contribution in [0.2, 0.25) is 0 Å². The minimum absolute atomic E-state index is 0. The Balaban J connectivity index is 0.00000243. The van der Waals surface area contributed by atoms with Crippen molar-refractivity contribution in [3.05, 3.63) is 52.2 Å². The second-order valence-electron chi connectivity index (χ2n) is 6.69. The summed E-state index contributed by atoms with van der Waals surface area (Å²) in [5, 5.41) is 5.23. The van der Waals surface area contributed by atoms with Gasteiger partial charge in [0.1, 0.15) is 5.75 Å². The molecule has 0 spiro atoms. The van der Waals surface area contributed by atoms with E-state index in [1.54, 1.807) is 30.6 Å². The molecule has 4 nitrogen and oxygen atoms in total. The maximum Gasteiger partial charge on any atom is 0.251 e. The zero-order valence-corrected chi connectivity index (χ0v) is 16.9. The number of carbonyl (C=O) groups is 1. The first-order valence-electron chi connectivity index (χ1n) is 8.87. The number of thiophene rings is 1. The van der Waals surface area contributed by atoms with E-state index in [-0.39, 0.29) is 24.4 Å². The van der Waals surface area contributed by atoms with Crippen LogP contribution < -0.4 is 10.1 Å². The molecule has 1 atom stereocenters. The number of methoxy groups -OCH3 is 1. The first kappa shape index (κ1) is 20.7. The summed E-state index contributed by atoms with van der Waals surface area (Å²) in [4.78, 5) is 16.3. The topological polar surface area (TPSA) is 41.6 Å². The monoisotopic (exact) mass is 394 g/mol. The number of carbonyl (C=O) groups excluding carboxylic acids is 1. The quantitative estimate of drug-likeness (QED) is 0.790. The molecule has 1 fully saturated rings. The molecule has 6 heteroatoms. The summed E-state index contributed by atoms with van der Waals surface area (Å²) in [5.74, 6) is 1.53. The van der Waals surface area contributed by atoms with E-state index < -0.39 is 0 Å². The van der Waals surface area contributed by atoms with Crippen LogP contribution in [0.5, 0.6) is 5.75 Å². The number of ether oxygens (including phenoxy) is 1. The van der Waals surface area contributed by atoms with Crippen molar-refractivity contribution in [1.29, 1.82) is 0 Å². The number of halogens is 1. The van der Waals surface area contributed by atoms with Gasteiger partial charge < -0.3 is 10.1 Å². The van der Waals surface area contributed by atoms with E-state index in [1.807, 2.05) is 12.1 Å². The first-order valence-corrected chi connectivity index (χ1v) is 9.75. The Labute approximate surface area is 166 Å². The van der Waals surface area contributed by atoms with Gasteiger partial charge >= 0.3 is 0 Å². The highest BCUT2D eigenvalue weighted by molar-refractivity contribution is 7.10. The number of nitrogens with one attached hydrogen (secondary N) is 1. The van der Waals surface area contributed by atoms with E-state index in [4.69, 9.17) is 4.74 Å². The SMILES string of the molecule is COc1ccc(C(=O)NCC(c2cccs2)N2CCC(C)CC2)cc1.Cl. The van der Waals surface area contributed by atoms with Crippen molar-refractivity contribution in [3.8, 4) is 5.75 Å². The normalized spacial score (nSPS) is 16.5. The third kappa shape index (κ3) is 5.22. The van der Waals surface area contributed by atoms with Gasteiger partial charge in [0.15, 0.2) is 0 Å². The smallest absolute Gasteiger partial charge is 0.251 e. The summed E-state index contributed by atoms with van der Waals surface area (Å²) in [6.45, 7) is 5.16. The molecular formula is C20H27ClN2O2S. The summed E-state index contributed by atoms with van der Waals surface area (Å²) < 4.78 is 5.15. The number of likely N-dealkylation sites (tertiary alicyclic amines) is 1. The summed E-state index contributed by atoms with van der Waals surface area (Å²) in [5.41, 5.74) is 0.665. The molecule has 1 aliphatic rings. The minimum Gasteiger partial charge on any atom is -0.497 e. The van der Waals surface area contributed by atoms with Crippen molar-refractivity contribution >= 4 is 29.7 Å². The van der Waals surface area contributed by atoms with Gasteiger partial charge in [0.2, 0.25) is 0 Å². The zero-order valence-electron chi connectivity index (χ0n) is 15.3. The van der Waals surface area contributed by atoms with Crippen LogP contribution in [0, 0.1) is 5.92 Å². The van der Waals surface area contributed by atoms with Crippen LogP contribution in [0.25, 0.3) is 0 Å². The van der Waals surface area contributed by atoms with Crippen LogP contribution in [-0.2, 0) is 0 Å². The molecule has 2 heterocycles. The molecule has 1 amide bonds. The van der Waals surface area contributed by atoms with Gasteiger partial charge in [0.25, 0.3) is 5.91 Å². The third-order valence-corrected chi connectivity index (χ3v) is 5.91. The summed E-state index contributed by atoms with van der Waals surface area (Å²) >= 11 is 1.77. The Hall–Kier alpha value is -1.56. The molecule has 26 heavy (non-hydrogen) atoms. The Morgan fingerprint density at radius 2 is 1.96 bits per heavy atom. The van der Waals surface area contributed by atoms with Crippen LogP contribution >= 0.6 is 23.7 Å². The second kappa shape index (κ2) is 9.95. The van der Waals surface area contributed by atoms with Gasteiger partial charge in [-0.1, -0.05) is 13.0 Å². The number of hydrogen-bond acceptors (Lipinski definition) is 4. The van der Waals surface area contributed by atoms with E-state index in [9.17, 15) is 4.79 Å². The Kier molecular flexibility index (Phi) is 7.94. The van der Waals surface area contributed by atoms with Crippen LogP contribution in [0.1, 0.15) is 41.0 Å². The molecule has 1 aromatic heterocycles. The van der Waals surface area contributed by atoms with Gasteiger partial charge in [-0.3, -0.25) is 9.69 Å². The van der Waals surface area contributed by atoms with Crippen molar-refractivity contribution in [1.82, 2.24) is 10.2 Å². The van der Waals surface area contributed by atoms with Gasteiger partial charge in [0, 0.05) is 17.0 Å². The van der Waals surface area contributed by atoms with E-state index >= 15 is 0 Å². The highest BCUT2D eigenvalue weighted by atomic mass is 35.5. The molecular weight excluding hydrogens is 368 g/mol. The van der Waals surface area contributed by atoms with Gasteiger partial charge in [-0.05, 0) is 67.6 Å². The van der Waals surface area contributed by atoms with Gasteiger partial charge in [-0.25, -0.2) is 0 Å². The van der Waals surface area contributed by atoms with Crippen LogP contribution in [0.4, 0.5) is 0 Å². The second-order valence-corrected chi connectivity index (χ2v) is 7.67. The van der Waals surface area contributed by atoms with Crippen molar-refractivity contribution in [2.75, 3.05) is 26.7 Å². The molecule has 0 radical (unpaired) electrons. The zero-order chi connectivity index (χ0) is 17.6. The molecule has 0 aliphatic carbocycles. The molecule has 1 aliphatic heterocycles. The molecule has 142 valence electrons. The Bertz CT molecular complexity index is 668. The molecule has 2 aromatic rings. The lowest BCUT2D eigenvalue weighted by Crippen LogP contribution is -2.41. The molecule has 1 saturated heterocycles. The largest absolute Gasteiger partial charge is 0.497 e. The fourth-order valence-electron chi connectivity index (χ4n) is 3.26. The van der Waals surface area contributed by atoms with Gasteiger partial charge in [-0.15, -0.1) is 23.7 Å². The number of benzene rings is 1. The van der Waals surface area contributed by atoms with Crippen molar-refractivity contribution in [3.63, 3.8) is 0 Å². The molecule has 0 bridgehead atoms. The standard InChI is InChI=1S/C20H26N2O2S.ClH/c1-15-9-11-22(12-10-15)18(19-4-3-13-25-19)14-21-20(23)16-5-7-17(24-2)8-6-16;/h3-8,13,15,18H,9-12,14H2,1-2H3,(H,21,23);1H. The number of amides is 1. The van der Waals surface area contributed by atoms with Crippen LogP contribution in [0.15, 0.2) is 41.8 Å². The Morgan fingerprint density at radius 3 is 2.54 bits per heavy atom. The maximum absolute atomic E-state index is 12.5. The predicted octanol–water partition coefficient (Wildman–Crippen LogP) is 4.38. The van der Waals surface area contributed by atoms with E-state index in [0.29, 0.717) is 12.1 Å². The summed E-state index contributed by atoms with van der Waals surface area (Å²) in [7, 11) is 1.63. The molecule has 0 saturated carbocycles. The first-order chi connectivity index (χ1) is 12.2. The lowest BCUT2D eigenvalue weighted by atomic mass is 9.97.